The number of hydrogen-bond acceptors (Lipinski definition) is 0. The lowest BCUT2D eigenvalue weighted by atomic mass is 10.2. The first-order chi connectivity index (χ1) is 10.9. The van der Waals surface area contributed by atoms with Gasteiger partial charge in [0.2, 0.25) is 0 Å². The maximum atomic E-state index is 13.0. The molecule has 2 rings (SSSR count). The van der Waals surface area contributed by atoms with Crippen molar-refractivity contribution in [2.45, 2.75) is 29.8 Å². The number of halogens is 3. The molecule has 0 aliphatic rings. The highest BCUT2D eigenvalue weighted by Gasteiger charge is 2.35. The zero-order chi connectivity index (χ0) is 16.9. The van der Waals surface area contributed by atoms with Gasteiger partial charge in [-0.3, -0.25) is 0 Å². The fourth-order valence-corrected chi connectivity index (χ4v) is 4.35. The average Bonchev–Trinajstić information content (AvgIpc) is 2.54. The molecular weight excluding hydrogens is 317 g/mol. The fourth-order valence-electron chi connectivity index (χ4n) is 2.23. The summed E-state index contributed by atoms with van der Waals surface area (Å²) in [6.45, 7) is 3.17. The van der Waals surface area contributed by atoms with Crippen LogP contribution in [0.1, 0.15) is 13.8 Å². The van der Waals surface area contributed by atoms with Crippen molar-refractivity contribution in [2.75, 3.05) is 0 Å². The van der Waals surface area contributed by atoms with Gasteiger partial charge >= 0.3 is 6.18 Å². The SMILES string of the molecule is C/C=C(\C=C(/C)[S+](c1ccccc1)c1ccccc1)C(F)(F)F. The van der Waals surface area contributed by atoms with E-state index in [4.69, 9.17) is 0 Å². The first kappa shape index (κ1) is 17.4. The molecule has 2 aromatic carbocycles. The molecule has 4 heteroatoms. The van der Waals surface area contributed by atoms with E-state index in [1.165, 1.54) is 13.0 Å². The molecule has 0 aromatic heterocycles. The summed E-state index contributed by atoms with van der Waals surface area (Å²) in [5.41, 5.74) is -0.612. The van der Waals surface area contributed by atoms with Crippen LogP contribution in [0.25, 0.3) is 0 Å². The van der Waals surface area contributed by atoms with E-state index < -0.39 is 22.6 Å². The first-order valence-electron chi connectivity index (χ1n) is 7.19. The van der Waals surface area contributed by atoms with Gasteiger partial charge in [0.25, 0.3) is 0 Å². The highest BCUT2D eigenvalue weighted by molar-refractivity contribution is 8.00. The van der Waals surface area contributed by atoms with Crippen molar-refractivity contribution in [1.82, 2.24) is 0 Å². The van der Waals surface area contributed by atoms with Gasteiger partial charge in [0.1, 0.15) is 4.91 Å². The topological polar surface area (TPSA) is 0 Å². The van der Waals surface area contributed by atoms with Gasteiger partial charge in [-0.1, -0.05) is 42.5 Å². The van der Waals surface area contributed by atoms with Crippen LogP contribution in [-0.2, 0) is 10.9 Å². The monoisotopic (exact) mass is 335 g/mol. The molecule has 120 valence electrons. The largest absolute Gasteiger partial charge is 0.416 e. The summed E-state index contributed by atoms with van der Waals surface area (Å²) in [6.07, 6.45) is -1.97. The predicted molar refractivity (Wildman–Crippen MR) is 90.4 cm³/mol. The Hall–Kier alpha value is -1.94. The molecule has 0 fully saturated rings. The summed E-state index contributed by atoms with van der Waals surface area (Å²) in [5.74, 6) is 0. The summed E-state index contributed by atoms with van der Waals surface area (Å²) < 4.78 is 39.1. The number of alkyl halides is 3. The smallest absolute Gasteiger partial charge is 0.166 e. The molecule has 0 atom stereocenters. The molecule has 0 spiro atoms. The third-order valence-electron chi connectivity index (χ3n) is 3.28. The summed E-state index contributed by atoms with van der Waals surface area (Å²) >= 11 is 0. The standard InChI is InChI=1S/C19H18F3S/c1-3-16(19(20,21)22)14-15(2)23(17-10-6-4-7-11-17)18-12-8-5-9-13-18/h3-14H,1-2H3/q+1/b15-14+,16-3+. The Morgan fingerprint density at radius 1 is 0.870 bits per heavy atom. The van der Waals surface area contributed by atoms with Crippen molar-refractivity contribution in [1.29, 1.82) is 0 Å². The van der Waals surface area contributed by atoms with E-state index in [0.29, 0.717) is 4.91 Å². The summed E-state index contributed by atoms with van der Waals surface area (Å²) in [4.78, 5) is 2.70. The number of benzene rings is 2. The van der Waals surface area contributed by atoms with Crippen molar-refractivity contribution in [3.8, 4) is 0 Å². The third-order valence-corrected chi connectivity index (χ3v) is 5.53. The Bertz CT molecular complexity index is 646. The normalized spacial score (nSPS) is 13.5. The molecule has 23 heavy (non-hydrogen) atoms. The molecule has 0 saturated carbocycles. The van der Waals surface area contributed by atoms with E-state index in [9.17, 15) is 13.2 Å². The van der Waals surface area contributed by atoms with Crippen LogP contribution >= 0.6 is 0 Å². The molecule has 0 bridgehead atoms. The van der Waals surface area contributed by atoms with Gasteiger partial charge in [-0.05, 0) is 31.2 Å². The molecular formula is C19H18F3S+. The number of allylic oxidation sites excluding steroid dienone is 4. The van der Waals surface area contributed by atoms with Crippen LogP contribution in [0.4, 0.5) is 13.2 Å². The van der Waals surface area contributed by atoms with Crippen molar-refractivity contribution >= 4 is 10.9 Å². The van der Waals surface area contributed by atoms with Gasteiger partial charge in [0.15, 0.2) is 9.79 Å². The van der Waals surface area contributed by atoms with E-state index in [0.717, 1.165) is 15.9 Å². The molecule has 0 unspecified atom stereocenters. The van der Waals surface area contributed by atoms with Crippen molar-refractivity contribution in [3.63, 3.8) is 0 Å². The minimum Gasteiger partial charge on any atom is -0.166 e. The zero-order valence-electron chi connectivity index (χ0n) is 13.0. The predicted octanol–water partition coefficient (Wildman–Crippen LogP) is 6.14. The first-order valence-corrected chi connectivity index (χ1v) is 8.42. The van der Waals surface area contributed by atoms with Crippen LogP contribution in [-0.4, -0.2) is 6.18 Å². The van der Waals surface area contributed by atoms with Crippen molar-refractivity contribution < 1.29 is 13.2 Å². The number of hydrogen-bond donors (Lipinski definition) is 0. The molecule has 2 aromatic rings. The van der Waals surface area contributed by atoms with Gasteiger partial charge in [0.05, 0.1) is 16.5 Å². The van der Waals surface area contributed by atoms with Crippen LogP contribution in [0.2, 0.25) is 0 Å². The van der Waals surface area contributed by atoms with Crippen LogP contribution in [0.5, 0.6) is 0 Å². The van der Waals surface area contributed by atoms with Gasteiger partial charge in [-0.15, -0.1) is 0 Å². The number of rotatable bonds is 4. The summed E-state index contributed by atoms with van der Waals surface area (Å²) in [6, 6.07) is 19.3. The lowest BCUT2D eigenvalue weighted by Gasteiger charge is -2.11. The molecule has 0 heterocycles. The molecule has 0 aliphatic carbocycles. The Balaban J connectivity index is 2.51. The van der Waals surface area contributed by atoms with Crippen LogP contribution in [0.15, 0.2) is 93.1 Å². The van der Waals surface area contributed by atoms with Gasteiger partial charge in [-0.2, -0.15) is 13.2 Å². The maximum Gasteiger partial charge on any atom is 0.416 e. The van der Waals surface area contributed by atoms with E-state index >= 15 is 0 Å². The highest BCUT2D eigenvalue weighted by Crippen LogP contribution is 2.33. The van der Waals surface area contributed by atoms with E-state index in [2.05, 4.69) is 0 Å². The minimum absolute atomic E-state index is 0.533. The summed E-state index contributed by atoms with van der Waals surface area (Å²) in [5, 5.41) is 0. The Morgan fingerprint density at radius 3 is 1.65 bits per heavy atom. The Morgan fingerprint density at radius 2 is 1.30 bits per heavy atom. The average molecular weight is 335 g/mol. The fraction of sp³-hybridized carbons (Fsp3) is 0.158. The summed E-state index contributed by atoms with van der Waals surface area (Å²) in [7, 11) is -0.533. The lowest BCUT2D eigenvalue weighted by molar-refractivity contribution is -0.0883. The van der Waals surface area contributed by atoms with E-state index in [1.54, 1.807) is 6.92 Å². The van der Waals surface area contributed by atoms with Gasteiger partial charge < -0.3 is 0 Å². The Labute approximate surface area is 137 Å². The Kier molecular flexibility index (Phi) is 5.72. The second kappa shape index (κ2) is 7.55. The third kappa shape index (κ3) is 4.52. The maximum absolute atomic E-state index is 13.0. The quantitative estimate of drug-likeness (QED) is 0.465. The van der Waals surface area contributed by atoms with Crippen LogP contribution in [0, 0.1) is 0 Å². The highest BCUT2D eigenvalue weighted by atomic mass is 32.2. The van der Waals surface area contributed by atoms with E-state index in [-0.39, 0.29) is 0 Å². The molecule has 0 N–H and O–H groups in total. The van der Waals surface area contributed by atoms with Gasteiger partial charge in [0, 0.05) is 13.0 Å². The molecule has 0 aliphatic heterocycles. The molecule has 0 amide bonds. The van der Waals surface area contributed by atoms with E-state index in [1.807, 2.05) is 60.7 Å². The lowest BCUT2D eigenvalue weighted by Crippen LogP contribution is -2.12. The van der Waals surface area contributed by atoms with Crippen LogP contribution < -0.4 is 0 Å². The second-order valence-corrected chi connectivity index (χ2v) is 7.13. The zero-order valence-corrected chi connectivity index (χ0v) is 13.8. The minimum atomic E-state index is -4.33. The molecule has 0 radical (unpaired) electrons. The van der Waals surface area contributed by atoms with Crippen molar-refractivity contribution in [2.24, 2.45) is 0 Å². The van der Waals surface area contributed by atoms with Crippen molar-refractivity contribution in [3.05, 3.63) is 83.3 Å². The molecule has 0 nitrogen and oxygen atoms in total. The second-order valence-electron chi connectivity index (χ2n) is 4.93. The van der Waals surface area contributed by atoms with Crippen LogP contribution in [0.3, 0.4) is 0 Å². The van der Waals surface area contributed by atoms with Gasteiger partial charge in [-0.25, -0.2) is 0 Å². The molecule has 0 saturated heterocycles.